The van der Waals surface area contributed by atoms with Gasteiger partial charge in [-0.1, -0.05) is 41.9 Å². The molecule has 1 saturated carbocycles. The smallest absolute Gasteiger partial charge is 0.123 e. The van der Waals surface area contributed by atoms with E-state index >= 15 is 0 Å². The average molecular weight is 363 g/mol. The van der Waals surface area contributed by atoms with Crippen LogP contribution in [0.25, 0.3) is 0 Å². The molecule has 2 aromatic rings. The molecule has 0 spiro atoms. The van der Waals surface area contributed by atoms with Crippen LogP contribution in [0.5, 0.6) is 5.75 Å². The van der Waals surface area contributed by atoms with E-state index in [2.05, 4.69) is 0 Å². The topological polar surface area (TPSA) is 69.9 Å². The van der Waals surface area contributed by atoms with Crippen molar-refractivity contribution in [1.29, 1.82) is 0 Å². The largest absolute Gasteiger partial charge is 0.490 e. The van der Waals surface area contributed by atoms with Crippen LogP contribution >= 0.6 is 11.6 Å². The Bertz CT molecular complexity index is 688. The Kier molecular flexibility index (Phi) is 5.97. The maximum Gasteiger partial charge on any atom is 0.123 e. The molecule has 0 radical (unpaired) electrons. The molecule has 1 aliphatic carbocycles. The Hall–Kier alpha value is -1.59. The SMILES string of the molecule is OC[C@H]1C[C@@H](Oc2ccccc2Cc2ccc(Cl)cc2)C[C@@H](O)[C@@H]1O. The zero-order chi connectivity index (χ0) is 17.8. The molecule has 5 heteroatoms. The lowest BCUT2D eigenvalue weighted by molar-refractivity contribution is -0.0892. The minimum absolute atomic E-state index is 0.162. The van der Waals surface area contributed by atoms with Gasteiger partial charge < -0.3 is 20.1 Å². The zero-order valence-electron chi connectivity index (χ0n) is 13.9. The maximum absolute atomic E-state index is 10.0. The summed E-state index contributed by atoms with van der Waals surface area (Å²) in [6, 6.07) is 15.5. The highest BCUT2D eigenvalue weighted by Crippen LogP contribution is 2.30. The van der Waals surface area contributed by atoms with Crippen LogP contribution in [0, 0.1) is 5.92 Å². The molecule has 1 aliphatic rings. The fourth-order valence-corrected chi connectivity index (χ4v) is 3.47. The summed E-state index contributed by atoms with van der Waals surface area (Å²) in [6.45, 7) is -0.162. The van der Waals surface area contributed by atoms with Crippen LogP contribution in [-0.2, 0) is 6.42 Å². The first kappa shape index (κ1) is 18.2. The molecule has 134 valence electrons. The molecule has 4 atom stereocenters. The highest BCUT2D eigenvalue weighted by Gasteiger charge is 2.36. The molecule has 1 fully saturated rings. The highest BCUT2D eigenvalue weighted by molar-refractivity contribution is 6.30. The number of rotatable bonds is 5. The molecule has 4 nitrogen and oxygen atoms in total. The first-order chi connectivity index (χ1) is 12.1. The molecule has 0 heterocycles. The van der Waals surface area contributed by atoms with Gasteiger partial charge in [-0.3, -0.25) is 0 Å². The second-order valence-corrected chi connectivity index (χ2v) is 7.06. The predicted molar refractivity (Wildman–Crippen MR) is 96.9 cm³/mol. The minimum atomic E-state index is -0.894. The van der Waals surface area contributed by atoms with Gasteiger partial charge in [0.1, 0.15) is 11.9 Å². The molecule has 0 amide bonds. The van der Waals surface area contributed by atoms with Crippen LogP contribution in [0.4, 0.5) is 0 Å². The minimum Gasteiger partial charge on any atom is -0.490 e. The quantitative estimate of drug-likeness (QED) is 0.765. The number of hydrogen-bond acceptors (Lipinski definition) is 4. The van der Waals surface area contributed by atoms with Crippen LogP contribution in [-0.4, -0.2) is 40.2 Å². The van der Waals surface area contributed by atoms with E-state index in [4.69, 9.17) is 16.3 Å². The fourth-order valence-electron chi connectivity index (χ4n) is 3.34. The summed E-state index contributed by atoms with van der Waals surface area (Å²) in [7, 11) is 0. The summed E-state index contributed by atoms with van der Waals surface area (Å²) in [5, 5.41) is 30.0. The molecule has 0 saturated heterocycles. The molecule has 3 N–H and O–H groups in total. The molecule has 25 heavy (non-hydrogen) atoms. The third-order valence-electron chi connectivity index (χ3n) is 4.76. The summed E-state index contributed by atoms with van der Waals surface area (Å²) in [5.41, 5.74) is 2.18. The van der Waals surface area contributed by atoms with E-state index in [9.17, 15) is 15.3 Å². The van der Waals surface area contributed by atoms with Gasteiger partial charge >= 0.3 is 0 Å². The second-order valence-electron chi connectivity index (χ2n) is 6.62. The summed E-state index contributed by atoms with van der Waals surface area (Å²) in [6.07, 6.45) is -0.415. The van der Waals surface area contributed by atoms with Crippen molar-refractivity contribution < 1.29 is 20.1 Å². The van der Waals surface area contributed by atoms with Gasteiger partial charge in [-0.25, -0.2) is 0 Å². The Morgan fingerprint density at radius 3 is 2.44 bits per heavy atom. The van der Waals surface area contributed by atoms with Crippen molar-refractivity contribution in [1.82, 2.24) is 0 Å². The number of halogens is 1. The average Bonchev–Trinajstić information content (AvgIpc) is 2.61. The molecular weight excluding hydrogens is 340 g/mol. The van der Waals surface area contributed by atoms with E-state index in [1.807, 2.05) is 48.5 Å². The van der Waals surface area contributed by atoms with Crippen molar-refractivity contribution >= 4 is 11.6 Å². The molecular formula is C20H23ClO4. The van der Waals surface area contributed by atoms with Gasteiger partial charge in [0.2, 0.25) is 0 Å². The van der Waals surface area contributed by atoms with Crippen LogP contribution in [0.15, 0.2) is 48.5 Å². The summed E-state index contributed by atoms with van der Waals surface area (Å²) in [5.74, 6) is 0.403. The van der Waals surface area contributed by atoms with Crippen LogP contribution in [0.2, 0.25) is 5.02 Å². The third-order valence-corrected chi connectivity index (χ3v) is 5.01. The number of aliphatic hydroxyl groups excluding tert-OH is 3. The summed E-state index contributed by atoms with van der Waals surface area (Å²) in [4.78, 5) is 0. The summed E-state index contributed by atoms with van der Waals surface area (Å²) < 4.78 is 6.12. The van der Waals surface area contributed by atoms with Crippen LogP contribution < -0.4 is 4.74 Å². The van der Waals surface area contributed by atoms with Crippen molar-refractivity contribution in [3.05, 3.63) is 64.7 Å². The van der Waals surface area contributed by atoms with Gasteiger partial charge in [-0.15, -0.1) is 0 Å². The van der Waals surface area contributed by atoms with E-state index in [0.29, 0.717) is 24.3 Å². The molecule has 0 aliphatic heterocycles. The second kappa shape index (κ2) is 8.19. The van der Waals surface area contributed by atoms with Crippen molar-refractivity contribution in [3.63, 3.8) is 0 Å². The lowest BCUT2D eigenvalue weighted by Gasteiger charge is -2.36. The Labute approximate surface area is 152 Å². The first-order valence-corrected chi connectivity index (χ1v) is 8.90. The van der Waals surface area contributed by atoms with Crippen molar-refractivity contribution in [2.24, 2.45) is 5.92 Å². The first-order valence-electron chi connectivity index (χ1n) is 8.53. The van der Waals surface area contributed by atoms with Gasteiger partial charge in [0.05, 0.1) is 12.2 Å². The molecule has 0 unspecified atom stereocenters. The van der Waals surface area contributed by atoms with Gasteiger partial charge in [-0.2, -0.15) is 0 Å². The monoisotopic (exact) mass is 362 g/mol. The van der Waals surface area contributed by atoms with Crippen molar-refractivity contribution in [2.45, 2.75) is 37.6 Å². The van der Waals surface area contributed by atoms with E-state index < -0.39 is 12.2 Å². The Balaban J connectivity index is 1.73. The van der Waals surface area contributed by atoms with Crippen molar-refractivity contribution in [3.8, 4) is 5.75 Å². The van der Waals surface area contributed by atoms with E-state index in [0.717, 1.165) is 16.9 Å². The number of ether oxygens (including phenoxy) is 1. The maximum atomic E-state index is 10.0. The molecule has 3 rings (SSSR count). The number of para-hydroxylation sites is 1. The number of benzene rings is 2. The van der Waals surface area contributed by atoms with Gasteiger partial charge in [0, 0.05) is 30.4 Å². The van der Waals surface area contributed by atoms with E-state index in [-0.39, 0.29) is 18.6 Å². The Morgan fingerprint density at radius 1 is 1.00 bits per heavy atom. The van der Waals surface area contributed by atoms with Crippen LogP contribution in [0.1, 0.15) is 24.0 Å². The lowest BCUT2D eigenvalue weighted by atomic mass is 9.83. The van der Waals surface area contributed by atoms with Gasteiger partial charge in [-0.05, 0) is 35.7 Å². The third kappa shape index (κ3) is 4.53. The number of aliphatic hydroxyl groups is 3. The summed E-state index contributed by atoms with van der Waals surface area (Å²) >= 11 is 5.94. The van der Waals surface area contributed by atoms with Crippen molar-refractivity contribution in [2.75, 3.05) is 6.61 Å². The molecule has 0 bridgehead atoms. The molecule has 2 aromatic carbocycles. The lowest BCUT2D eigenvalue weighted by Crippen LogP contribution is -2.46. The Morgan fingerprint density at radius 2 is 1.72 bits per heavy atom. The molecule has 0 aromatic heterocycles. The number of hydrogen-bond donors (Lipinski definition) is 3. The fraction of sp³-hybridized carbons (Fsp3) is 0.400. The standard InChI is InChI=1S/C20H23ClO4/c21-16-7-5-13(6-8-16)9-14-3-1-2-4-19(14)25-17-10-15(12-22)20(24)18(23)11-17/h1-8,15,17-18,20,22-24H,9-12H2/t15-,17-,18-,20-/m1/s1. The van der Waals surface area contributed by atoms with E-state index in [1.165, 1.54) is 0 Å². The van der Waals surface area contributed by atoms with Gasteiger partial charge in [0.25, 0.3) is 0 Å². The zero-order valence-corrected chi connectivity index (χ0v) is 14.6. The van der Waals surface area contributed by atoms with E-state index in [1.54, 1.807) is 0 Å². The van der Waals surface area contributed by atoms with Gasteiger partial charge in [0.15, 0.2) is 0 Å². The highest BCUT2D eigenvalue weighted by atomic mass is 35.5. The predicted octanol–water partition coefficient (Wildman–Crippen LogP) is 2.80. The van der Waals surface area contributed by atoms with Crippen LogP contribution in [0.3, 0.4) is 0 Å². The normalized spacial score (nSPS) is 26.4.